The summed E-state index contributed by atoms with van der Waals surface area (Å²) in [6.45, 7) is 7.47. The molecule has 0 fully saturated rings. The Labute approximate surface area is 101 Å². The van der Waals surface area contributed by atoms with Gasteiger partial charge in [0.1, 0.15) is 6.04 Å². The first-order valence-electron chi connectivity index (χ1n) is 5.44. The van der Waals surface area contributed by atoms with E-state index in [9.17, 15) is 9.59 Å². The summed E-state index contributed by atoms with van der Waals surface area (Å²) in [5, 5.41) is 8.70. The number of aliphatic carboxylic acids is 1. The summed E-state index contributed by atoms with van der Waals surface area (Å²) in [6, 6.07) is -0.772. The van der Waals surface area contributed by atoms with Crippen molar-refractivity contribution in [3.05, 3.63) is 0 Å². The lowest BCUT2D eigenvalue weighted by Crippen LogP contribution is -2.45. The Kier molecular flexibility index (Phi) is 6.48. The number of carbonyl (C=O) groups is 2. The van der Waals surface area contributed by atoms with Crippen LogP contribution < -0.4 is 0 Å². The first-order chi connectivity index (χ1) is 7.32. The molecule has 16 heavy (non-hydrogen) atoms. The third kappa shape index (κ3) is 4.04. The molecule has 94 valence electrons. The SMILES string of the molecule is CCSC(C(=O)N(C)C(C)C(=O)O)C(C)C. The topological polar surface area (TPSA) is 57.6 Å². The summed E-state index contributed by atoms with van der Waals surface area (Å²) in [5.41, 5.74) is 0. The van der Waals surface area contributed by atoms with Crippen LogP contribution in [0.1, 0.15) is 27.7 Å². The number of nitrogens with zero attached hydrogens (tertiary/aromatic N) is 1. The number of carboxylic acids is 1. The summed E-state index contributed by atoms with van der Waals surface area (Å²) in [6.07, 6.45) is 0. The minimum atomic E-state index is -0.972. The van der Waals surface area contributed by atoms with Crippen LogP contribution >= 0.6 is 11.8 Å². The molecule has 0 spiro atoms. The normalized spacial score (nSPS) is 14.6. The summed E-state index contributed by atoms with van der Waals surface area (Å²) in [4.78, 5) is 24.2. The van der Waals surface area contributed by atoms with Crippen LogP contribution in [0.2, 0.25) is 0 Å². The van der Waals surface area contributed by atoms with Crippen molar-refractivity contribution in [2.45, 2.75) is 39.0 Å². The van der Waals surface area contributed by atoms with E-state index in [0.29, 0.717) is 0 Å². The molecule has 1 amide bonds. The fraction of sp³-hybridized carbons (Fsp3) is 0.818. The van der Waals surface area contributed by atoms with Crippen LogP contribution in [-0.2, 0) is 9.59 Å². The molecular weight excluding hydrogens is 226 g/mol. The fourth-order valence-electron chi connectivity index (χ4n) is 1.29. The van der Waals surface area contributed by atoms with Gasteiger partial charge in [0.15, 0.2) is 0 Å². The third-order valence-electron chi connectivity index (χ3n) is 2.48. The molecule has 0 aromatic rings. The Hall–Kier alpha value is -0.710. The zero-order valence-corrected chi connectivity index (χ0v) is 11.4. The van der Waals surface area contributed by atoms with Gasteiger partial charge < -0.3 is 10.0 Å². The summed E-state index contributed by atoms with van der Waals surface area (Å²) in [5.74, 6) is -0.0124. The van der Waals surface area contributed by atoms with Crippen molar-refractivity contribution in [2.75, 3.05) is 12.8 Å². The zero-order chi connectivity index (χ0) is 12.9. The van der Waals surface area contributed by atoms with Gasteiger partial charge in [-0.25, -0.2) is 4.79 Å². The number of hydrogen-bond donors (Lipinski definition) is 1. The Morgan fingerprint density at radius 3 is 2.12 bits per heavy atom. The van der Waals surface area contributed by atoms with Gasteiger partial charge >= 0.3 is 5.97 Å². The molecule has 4 nitrogen and oxygen atoms in total. The number of hydrogen-bond acceptors (Lipinski definition) is 3. The van der Waals surface area contributed by atoms with E-state index in [0.717, 1.165) is 5.75 Å². The van der Waals surface area contributed by atoms with E-state index in [4.69, 9.17) is 5.11 Å². The highest BCUT2D eigenvalue weighted by Crippen LogP contribution is 2.21. The van der Waals surface area contributed by atoms with Crippen LogP contribution in [0.15, 0.2) is 0 Å². The van der Waals surface area contributed by atoms with Gasteiger partial charge in [0.05, 0.1) is 5.25 Å². The van der Waals surface area contributed by atoms with Crippen molar-refractivity contribution < 1.29 is 14.7 Å². The largest absolute Gasteiger partial charge is 0.480 e. The van der Waals surface area contributed by atoms with Gasteiger partial charge in [0, 0.05) is 7.05 Å². The molecule has 0 aliphatic rings. The molecule has 0 saturated heterocycles. The van der Waals surface area contributed by atoms with Crippen molar-refractivity contribution in [1.29, 1.82) is 0 Å². The van der Waals surface area contributed by atoms with Gasteiger partial charge in [-0.05, 0) is 18.6 Å². The van der Waals surface area contributed by atoms with Crippen molar-refractivity contribution in [1.82, 2.24) is 4.90 Å². The molecule has 0 radical (unpaired) electrons. The maximum atomic E-state index is 12.1. The Morgan fingerprint density at radius 1 is 1.31 bits per heavy atom. The molecule has 2 atom stereocenters. The molecule has 0 aliphatic carbocycles. The van der Waals surface area contributed by atoms with E-state index in [2.05, 4.69) is 0 Å². The molecule has 0 saturated carbocycles. The molecule has 5 heteroatoms. The first-order valence-corrected chi connectivity index (χ1v) is 6.48. The minimum absolute atomic E-state index is 0.100. The van der Waals surface area contributed by atoms with Gasteiger partial charge in [0.2, 0.25) is 5.91 Å². The molecule has 1 N–H and O–H groups in total. The van der Waals surface area contributed by atoms with E-state index >= 15 is 0 Å². The van der Waals surface area contributed by atoms with Crippen LogP contribution in [0.4, 0.5) is 0 Å². The van der Waals surface area contributed by atoms with E-state index < -0.39 is 12.0 Å². The maximum absolute atomic E-state index is 12.1. The highest BCUT2D eigenvalue weighted by atomic mass is 32.2. The van der Waals surface area contributed by atoms with E-state index in [1.807, 2.05) is 20.8 Å². The van der Waals surface area contributed by atoms with Crippen LogP contribution in [0.25, 0.3) is 0 Å². The van der Waals surface area contributed by atoms with E-state index in [-0.39, 0.29) is 17.1 Å². The Balaban J connectivity index is 4.66. The van der Waals surface area contributed by atoms with Crippen molar-refractivity contribution in [3.8, 4) is 0 Å². The number of rotatable bonds is 6. The highest BCUT2D eigenvalue weighted by Gasteiger charge is 2.29. The molecule has 0 heterocycles. The second-order valence-electron chi connectivity index (χ2n) is 4.08. The number of likely N-dealkylation sites (N-methyl/N-ethyl adjacent to an activating group) is 1. The van der Waals surface area contributed by atoms with E-state index in [1.54, 1.807) is 18.8 Å². The van der Waals surface area contributed by atoms with Gasteiger partial charge in [0.25, 0.3) is 0 Å². The molecule has 2 unspecified atom stereocenters. The maximum Gasteiger partial charge on any atom is 0.326 e. The van der Waals surface area contributed by atoms with Gasteiger partial charge in [-0.15, -0.1) is 11.8 Å². The summed E-state index contributed by atoms with van der Waals surface area (Å²) >= 11 is 1.57. The van der Waals surface area contributed by atoms with Gasteiger partial charge in [-0.2, -0.15) is 0 Å². The number of thioether (sulfide) groups is 1. The monoisotopic (exact) mass is 247 g/mol. The molecular formula is C11H21NO3S. The van der Waals surface area contributed by atoms with Crippen LogP contribution in [-0.4, -0.2) is 46.0 Å². The minimum Gasteiger partial charge on any atom is -0.480 e. The van der Waals surface area contributed by atoms with Crippen LogP contribution in [0, 0.1) is 5.92 Å². The van der Waals surface area contributed by atoms with Crippen molar-refractivity contribution in [3.63, 3.8) is 0 Å². The average molecular weight is 247 g/mol. The van der Waals surface area contributed by atoms with Crippen LogP contribution in [0.5, 0.6) is 0 Å². The van der Waals surface area contributed by atoms with Crippen molar-refractivity contribution >= 4 is 23.6 Å². The molecule has 0 aliphatic heterocycles. The van der Waals surface area contributed by atoms with Gasteiger partial charge in [-0.1, -0.05) is 20.8 Å². The molecule has 0 bridgehead atoms. The standard InChI is InChI=1S/C11H21NO3S/c1-6-16-9(7(2)3)10(13)12(5)8(4)11(14)15/h7-9H,6H2,1-5H3,(H,14,15). The molecule has 0 aromatic heterocycles. The van der Waals surface area contributed by atoms with Gasteiger partial charge in [-0.3, -0.25) is 4.79 Å². The summed E-state index contributed by atoms with van der Waals surface area (Å²) in [7, 11) is 1.55. The lowest BCUT2D eigenvalue weighted by molar-refractivity contribution is -0.148. The Morgan fingerprint density at radius 2 is 1.81 bits per heavy atom. The molecule has 0 rings (SSSR count). The lowest BCUT2D eigenvalue weighted by Gasteiger charge is -2.28. The second-order valence-corrected chi connectivity index (χ2v) is 5.50. The smallest absolute Gasteiger partial charge is 0.326 e. The lowest BCUT2D eigenvalue weighted by atomic mass is 10.1. The van der Waals surface area contributed by atoms with Crippen LogP contribution in [0.3, 0.4) is 0 Å². The third-order valence-corrected chi connectivity index (χ3v) is 3.92. The average Bonchev–Trinajstić information content (AvgIpc) is 2.22. The number of carbonyl (C=O) groups excluding carboxylic acids is 1. The summed E-state index contributed by atoms with van der Waals surface area (Å²) < 4.78 is 0. The quantitative estimate of drug-likeness (QED) is 0.776. The first kappa shape index (κ1) is 15.3. The zero-order valence-electron chi connectivity index (χ0n) is 10.6. The number of carboxylic acid groups (broad SMARTS) is 1. The molecule has 0 aromatic carbocycles. The Bertz CT molecular complexity index is 256. The number of amides is 1. The predicted molar refractivity (Wildman–Crippen MR) is 66.6 cm³/mol. The highest BCUT2D eigenvalue weighted by molar-refractivity contribution is 8.00. The second kappa shape index (κ2) is 6.78. The fourth-order valence-corrected chi connectivity index (χ4v) is 2.34. The van der Waals surface area contributed by atoms with Crippen molar-refractivity contribution in [2.24, 2.45) is 5.92 Å². The predicted octanol–water partition coefficient (Wildman–Crippen LogP) is 1.70. The van der Waals surface area contributed by atoms with E-state index in [1.165, 1.54) is 11.8 Å².